The summed E-state index contributed by atoms with van der Waals surface area (Å²) in [7, 11) is 0. The highest BCUT2D eigenvalue weighted by Gasteiger charge is 2.28. The fourth-order valence-corrected chi connectivity index (χ4v) is 2.53. The van der Waals surface area contributed by atoms with Gasteiger partial charge in [0, 0.05) is 10.0 Å². The second kappa shape index (κ2) is 6.89. The molecule has 0 amide bonds. The Kier molecular flexibility index (Phi) is 5.15. The molecule has 1 N–H and O–H groups in total. The van der Waals surface area contributed by atoms with Gasteiger partial charge in [0.05, 0.1) is 17.7 Å². The number of hydrogen-bond acceptors (Lipinski definition) is 5. The number of carbonyl (C=O) groups is 1. The number of rotatable bonds is 5. The molecule has 6 heteroatoms. The Hall–Kier alpha value is -1.92. The van der Waals surface area contributed by atoms with E-state index in [9.17, 15) is 9.90 Å². The Morgan fingerprint density at radius 1 is 1.50 bits per heavy atom. The number of aliphatic hydroxyl groups excluding tert-OH is 1. The predicted octanol–water partition coefficient (Wildman–Crippen LogP) is 3.57. The lowest BCUT2D eigenvalue weighted by Gasteiger charge is -2.13. The third-order valence-corrected chi connectivity index (χ3v) is 3.87. The van der Waals surface area contributed by atoms with E-state index >= 15 is 0 Å². The van der Waals surface area contributed by atoms with E-state index in [0.717, 1.165) is 10.0 Å². The number of hydrogen-bond donors (Lipinski definition) is 1. The van der Waals surface area contributed by atoms with Crippen LogP contribution in [0, 0.1) is 6.92 Å². The molecule has 2 rings (SSSR count). The maximum atomic E-state index is 11.8. The van der Waals surface area contributed by atoms with Crippen LogP contribution in [0.25, 0.3) is 11.3 Å². The Bertz CT molecular complexity index is 708. The lowest BCUT2D eigenvalue weighted by Crippen LogP contribution is -2.14. The minimum atomic E-state index is -1.24. The van der Waals surface area contributed by atoms with Crippen molar-refractivity contribution in [3.05, 3.63) is 52.2 Å². The van der Waals surface area contributed by atoms with Gasteiger partial charge in [0.25, 0.3) is 0 Å². The quantitative estimate of drug-likeness (QED) is 0.647. The number of carbonyl (C=O) groups excluding carboxylic acids is 1. The average Bonchev–Trinajstić information content (AvgIpc) is 2.88. The van der Waals surface area contributed by atoms with Crippen LogP contribution in [0.4, 0.5) is 0 Å². The first-order chi connectivity index (χ1) is 10.5. The fraction of sp³-hybridized carbons (Fsp3) is 0.250. The molecule has 0 radical (unpaired) electrons. The number of aliphatic hydroxyl groups is 1. The van der Waals surface area contributed by atoms with Crippen molar-refractivity contribution in [3.63, 3.8) is 0 Å². The second-order valence-corrected chi connectivity index (χ2v) is 5.48. The van der Waals surface area contributed by atoms with Crippen molar-refractivity contribution < 1.29 is 19.2 Å². The van der Waals surface area contributed by atoms with E-state index in [4.69, 9.17) is 9.26 Å². The SMILES string of the molecule is C=C(C(=O)OCC)C(O)c1c(-c2ccccc2Br)noc1C. The van der Waals surface area contributed by atoms with Gasteiger partial charge in [-0.3, -0.25) is 0 Å². The lowest BCUT2D eigenvalue weighted by atomic mass is 9.97. The normalized spacial score (nSPS) is 12.0. The van der Waals surface area contributed by atoms with E-state index < -0.39 is 12.1 Å². The number of aromatic nitrogens is 1. The van der Waals surface area contributed by atoms with Gasteiger partial charge >= 0.3 is 5.97 Å². The number of esters is 1. The Labute approximate surface area is 136 Å². The van der Waals surface area contributed by atoms with E-state index in [2.05, 4.69) is 27.7 Å². The van der Waals surface area contributed by atoms with Crippen molar-refractivity contribution in [2.45, 2.75) is 20.0 Å². The third kappa shape index (κ3) is 3.13. The maximum absolute atomic E-state index is 11.8. The zero-order valence-corrected chi connectivity index (χ0v) is 13.9. The summed E-state index contributed by atoms with van der Waals surface area (Å²) in [4.78, 5) is 11.8. The predicted molar refractivity (Wildman–Crippen MR) is 85.1 cm³/mol. The van der Waals surface area contributed by atoms with E-state index in [1.54, 1.807) is 13.8 Å². The van der Waals surface area contributed by atoms with Crippen LogP contribution < -0.4 is 0 Å². The summed E-state index contributed by atoms with van der Waals surface area (Å²) >= 11 is 3.44. The van der Waals surface area contributed by atoms with Crippen LogP contribution in [0.15, 0.2) is 45.4 Å². The van der Waals surface area contributed by atoms with Gasteiger partial charge in [-0.1, -0.05) is 45.9 Å². The summed E-state index contributed by atoms with van der Waals surface area (Å²) in [6.07, 6.45) is -1.24. The summed E-state index contributed by atoms with van der Waals surface area (Å²) in [5.41, 5.74) is 1.57. The summed E-state index contributed by atoms with van der Waals surface area (Å²) < 4.78 is 10.9. The molecular weight excluding hydrogens is 350 g/mol. The summed E-state index contributed by atoms with van der Waals surface area (Å²) in [6.45, 7) is 7.19. The maximum Gasteiger partial charge on any atom is 0.336 e. The van der Waals surface area contributed by atoms with Crippen LogP contribution in [-0.2, 0) is 9.53 Å². The van der Waals surface area contributed by atoms with Crippen molar-refractivity contribution >= 4 is 21.9 Å². The molecule has 2 aromatic rings. The first-order valence-corrected chi connectivity index (χ1v) is 7.51. The number of nitrogens with zero attached hydrogens (tertiary/aromatic N) is 1. The van der Waals surface area contributed by atoms with Gasteiger partial charge in [-0.25, -0.2) is 4.79 Å². The van der Waals surface area contributed by atoms with E-state index in [1.165, 1.54) is 0 Å². The van der Waals surface area contributed by atoms with Crippen LogP contribution in [0.1, 0.15) is 24.4 Å². The molecule has 0 fully saturated rings. The van der Waals surface area contributed by atoms with Crippen molar-refractivity contribution in [2.75, 3.05) is 6.61 Å². The zero-order valence-electron chi connectivity index (χ0n) is 12.3. The molecule has 1 aromatic carbocycles. The van der Waals surface area contributed by atoms with Crippen LogP contribution in [0.5, 0.6) is 0 Å². The van der Waals surface area contributed by atoms with Gasteiger partial charge in [-0.2, -0.15) is 0 Å². The van der Waals surface area contributed by atoms with E-state index in [0.29, 0.717) is 17.0 Å². The van der Waals surface area contributed by atoms with Crippen molar-refractivity contribution in [1.82, 2.24) is 5.16 Å². The molecule has 5 nitrogen and oxygen atoms in total. The fourth-order valence-electron chi connectivity index (χ4n) is 2.06. The number of halogens is 1. The highest BCUT2D eigenvalue weighted by molar-refractivity contribution is 9.10. The minimum Gasteiger partial charge on any atom is -0.463 e. The van der Waals surface area contributed by atoms with Crippen LogP contribution in [0.3, 0.4) is 0 Å². The number of ether oxygens (including phenoxy) is 1. The standard InChI is InChI=1S/C16H16BrNO4/c1-4-21-16(20)9(2)15(19)13-10(3)22-18-14(13)11-7-5-6-8-12(11)17/h5-8,15,19H,2,4H2,1,3H3. The molecular formula is C16H16BrNO4. The zero-order chi connectivity index (χ0) is 16.3. The minimum absolute atomic E-state index is 0.0542. The van der Waals surface area contributed by atoms with Crippen molar-refractivity contribution in [3.8, 4) is 11.3 Å². The summed E-state index contributed by atoms with van der Waals surface area (Å²) in [5.74, 6) is -0.225. The molecule has 0 saturated heterocycles. The molecule has 0 spiro atoms. The molecule has 1 atom stereocenters. The smallest absolute Gasteiger partial charge is 0.336 e. The van der Waals surface area contributed by atoms with Crippen molar-refractivity contribution in [2.24, 2.45) is 0 Å². The van der Waals surface area contributed by atoms with Gasteiger partial charge < -0.3 is 14.4 Å². The molecule has 0 bridgehead atoms. The average molecular weight is 366 g/mol. The molecule has 22 heavy (non-hydrogen) atoms. The Morgan fingerprint density at radius 2 is 2.18 bits per heavy atom. The molecule has 0 aliphatic carbocycles. The van der Waals surface area contributed by atoms with E-state index in [-0.39, 0.29) is 12.2 Å². The molecule has 0 saturated carbocycles. The highest BCUT2D eigenvalue weighted by atomic mass is 79.9. The van der Waals surface area contributed by atoms with Gasteiger partial charge in [-0.15, -0.1) is 0 Å². The number of benzene rings is 1. The summed E-state index contributed by atoms with van der Waals surface area (Å²) in [5, 5.41) is 14.5. The Balaban J connectivity index is 2.44. The van der Waals surface area contributed by atoms with E-state index in [1.807, 2.05) is 24.3 Å². The monoisotopic (exact) mass is 365 g/mol. The third-order valence-electron chi connectivity index (χ3n) is 3.18. The van der Waals surface area contributed by atoms with Crippen LogP contribution in [-0.4, -0.2) is 22.8 Å². The highest BCUT2D eigenvalue weighted by Crippen LogP contribution is 2.36. The largest absolute Gasteiger partial charge is 0.463 e. The molecule has 0 aliphatic rings. The van der Waals surface area contributed by atoms with Crippen molar-refractivity contribution in [1.29, 1.82) is 0 Å². The number of aryl methyl sites for hydroxylation is 1. The Morgan fingerprint density at radius 3 is 2.82 bits per heavy atom. The first kappa shape index (κ1) is 16.5. The topological polar surface area (TPSA) is 72.6 Å². The van der Waals surface area contributed by atoms with Gasteiger partial charge in [-0.05, 0) is 19.9 Å². The summed E-state index contributed by atoms with van der Waals surface area (Å²) in [6, 6.07) is 7.41. The lowest BCUT2D eigenvalue weighted by molar-refractivity contribution is -0.139. The van der Waals surface area contributed by atoms with Crippen LogP contribution in [0.2, 0.25) is 0 Å². The second-order valence-electron chi connectivity index (χ2n) is 4.63. The molecule has 116 valence electrons. The van der Waals surface area contributed by atoms with Gasteiger partial charge in [0.15, 0.2) is 0 Å². The molecule has 1 unspecified atom stereocenters. The molecule has 1 heterocycles. The van der Waals surface area contributed by atoms with Gasteiger partial charge in [0.2, 0.25) is 0 Å². The molecule has 0 aliphatic heterocycles. The van der Waals surface area contributed by atoms with Crippen LogP contribution >= 0.6 is 15.9 Å². The molecule has 1 aromatic heterocycles. The first-order valence-electron chi connectivity index (χ1n) is 6.72. The van der Waals surface area contributed by atoms with Gasteiger partial charge in [0.1, 0.15) is 17.6 Å².